The molecule has 2 aromatic heterocycles. The fraction of sp³-hybridized carbons (Fsp3) is 0.409. The minimum atomic E-state index is -4.47. The van der Waals surface area contributed by atoms with Gasteiger partial charge in [0.2, 0.25) is 11.9 Å². The first kappa shape index (κ1) is 22.1. The van der Waals surface area contributed by atoms with E-state index in [4.69, 9.17) is 5.73 Å². The van der Waals surface area contributed by atoms with E-state index < -0.39 is 17.6 Å². The number of amides is 2. The number of rotatable bonds is 6. The second-order valence-electron chi connectivity index (χ2n) is 8.62. The normalized spacial score (nSPS) is 19.9. The van der Waals surface area contributed by atoms with Crippen molar-refractivity contribution in [2.24, 2.45) is 5.73 Å². The average molecular weight is 473 g/mol. The summed E-state index contributed by atoms with van der Waals surface area (Å²) in [6, 6.07) is 5.24. The standard InChI is InChI=1S/C22H22F3N7O2/c23-22(24,25)14-8-27-21(28-9-14)30-11-15-7-16(12-30)32(15)18(33)5-2-6-31-10-13-3-1-4-17(20(26)34)19(13)29-31/h1,3-4,8-10,15-16H,2,5-7,11-12H2,(H2,26,34). The number of carbonyl (C=O) groups excluding carboxylic acids is 2. The van der Waals surface area contributed by atoms with Crippen LogP contribution in [0.4, 0.5) is 19.1 Å². The molecule has 2 bridgehead atoms. The summed E-state index contributed by atoms with van der Waals surface area (Å²) in [6.45, 7) is 1.51. The zero-order valence-electron chi connectivity index (χ0n) is 18.1. The lowest BCUT2D eigenvalue weighted by atomic mass is 9.87. The van der Waals surface area contributed by atoms with Gasteiger partial charge in [0, 0.05) is 50.0 Å². The van der Waals surface area contributed by atoms with Gasteiger partial charge in [-0.05, 0) is 18.9 Å². The van der Waals surface area contributed by atoms with Gasteiger partial charge in [0.1, 0.15) is 5.52 Å². The van der Waals surface area contributed by atoms with Crippen molar-refractivity contribution in [2.45, 2.75) is 44.1 Å². The molecule has 3 aromatic rings. The lowest BCUT2D eigenvalue weighted by Crippen LogP contribution is -2.70. The Labute approximate surface area is 192 Å². The minimum absolute atomic E-state index is 0.00237. The number of nitrogens with two attached hydrogens (primary N) is 1. The van der Waals surface area contributed by atoms with Gasteiger partial charge in [-0.2, -0.15) is 18.3 Å². The number of anilines is 1. The largest absolute Gasteiger partial charge is 0.419 e. The summed E-state index contributed by atoms with van der Waals surface area (Å²) in [5.41, 5.74) is 5.43. The van der Waals surface area contributed by atoms with Gasteiger partial charge >= 0.3 is 6.18 Å². The first-order valence-corrected chi connectivity index (χ1v) is 10.9. The van der Waals surface area contributed by atoms with Gasteiger partial charge in [-0.15, -0.1) is 0 Å². The highest BCUT2D eigenvalue weighted by Gasteiger charge is 2.47. The van der Waals surface area contributed by atoms with E-state index in [9.17, 15) is 22.8 Å². The zero-order chi connectivity index (χ0) is 24.0. The molecule has 3 fully saturated rings. The Hall–Kier alpha value is -3.70. The number of piperidine rings is 1. The van der Waals surface area contributed by atoms with Crippen molar-refractivity contribution in [1.29, 1.82) is 0 Å². The van der Waals surface area contributed by atoms with E-state index in [0.29, 0.717) is 43.6 Å². The lowest BCUT2D eigenvalue weighted by molar-refractivity contribution is -0.146. The first-order chi connectivity index (χ1) is 16.2. The molecule has 0 radical (unpaired) electrons. The molecule has 2 atom stereocenters. The number of aromatic nitrogens is 4. The van der Waals surface area contributed by atoms with Crippen LogP contribution in [0.1, 0.15) is 35.2 Å². The molecule has 34 heavy (non-hydrogen) atoms. The van der Waals surface area contributed by atoms with E-state index >= 15 is 0 Å². The smallest absolute Gasteiger partial charge is 0.366 e. The molecule has 9 nitrogen and oxygen atoms in total. The number of piperazine rings is 1. The fourth-order valence-electron chi connectivity index (χ4n) is 4.74. The first-order valence-electron chi connectivity index (χ1n) is 10.9. The third-order valence-electron chi connectivity index (χ3n) is 6.36. The number of carbonyl (C=O) groups is 2. The van der Waals surface area contributed by atoms with Crippen LogP contribution in [0.5, 0.6) is 0 Å². The third kappa shape index (κ3) is 4.03. The molecule has 0 saturated carbocycles. The van der Waals surface area contributed by atoms with Crippen LogP contribution < -0.4 is 10.6 Å². The Morgan fingerprint density at radius 3 is 2.47 bits per heavy atom. The van der Waals surface area contributed by atoms with E-state index in [1.165, 1.54) is 0 Å². The predicted molar refractivity (Wildman–Crippen MR) is 116 cm³/mol. The minimum Gasteiger partial charge on any atom is -0.366 e. The number of nitrogens with zero attached hydrogens (tertiary/aromatic N) is 6. The number of hydrogen-bond donors (Lipinski definition) is 1. The fourth-order valence-corrected chi connectivity index (χ4v) is 4.74. The number of hydrogen-bond acceptors (Lipinski definition) is 6. The van der Waals surface area contributed by atoms with E-state index in [0.717, 1.165) is 24.2 Å². The maximum Gasteiger partial charge on any atom is 0.419 e. The van der Waals surface area contributed by atoms with Gasteiger partial charge in [-0.1, -0.05) is 12.1 Å². The number of alkyl halides is 3. The molecular weight excluding hydrogens is 451 g/mol. The molecular formula is C22H22F3N7O2. The van der Waals surface area contributed by atoms with Crippen LogP contribution in [-0.4, -0.2) is 61.6 Å². The van der Waals surface area contributed by atoms with Crippen LogP contribution in [0.15, 0.2) is 36.8 Å². The van der Waals surface area contributed by atoms with Gasteiger partial charge in [0.25, 0.3) is 5.91 Å². The molecule has 0 aliphatic carbocycles. The lowest BCUT2D eigenvalue weighted by Gasteiger charge is -2.56. The monoisotopic (exact) mass is 473 g/mol. The number of benzene rings is 1. The van der Waals surface area contributed by atoms with Crippen molar-refractivity contribution >= 4 is 28.7 Å². The number of primary amides is 1. The van der Waals surface area contributed by atoms with Crippen LogP contribution in [0.2, 0.25) is 0 Å². The maximum absolute atomic E-state index is 12.8. The molecule has 3 aliphatic heterocycles. The Bertz CT molecular complexity index is 1230. The predicted octanol–water partition coefficient (Wildman–Crippen LogP) is 2.21. The molecule has 2 N–H and O–H groups in total. The molecule has 2 amide bonds. The second-order valence-corrected chi connectivity index (χ2v) is 8.62. The SMILES string of the molecule is NC(=O)c1cccc2cn(CCCC(=O)N3C4CC3CN(c3ncc(C(F)(F)F)cn3)C4)nc12. The van der Waals surface area contributed by atoms with Crippen LogP contribution >= 0.6 is 0 Å². The van der Waals surface area contributed by atoms with Gasteiger partial charge in [0.05, 0.1) is 23.2 Å². The van der Waals surface area contributed by atoms with E-state index in [-0.39, 0.29) is 23.9 Å². The molecule has 2 unspecified atom stereocenters. The summed E-state index contributed by atoms with van der Waals surface area (Å²) in [5, 5.41) is 5.24. The van der Waals surface area contributed by atoms with Crippen LogP contribution in [-0.2, 0) is 17.5 Å². The van der Waals surface area contributed by atoms with Crippen LogP contribution in [0.3, 0.4) is 0 Å². The maximum atomic E-state index is 12.8. The van der Waals surface area contributed by atoms with Crippen molar-refractivity contribution in [2.75, 3.05) is 18.0 Å². The van der Waals surface area contributed by atoms with Gasteiger partial charge < -0.3 is 15.5 Å². The summed E-state index contributed by atoms with van der Waals surface area (Å²) in [4.78, 5) is 35.8. The number of fused-ring (bicyclic) bond motifs is 3. The second kappa shape index (κ2) is 8.26. The molecule has 3 aliphatic rings. The van der Waals surface area contributed by atoms with Crippen molar-refractivity contribution in [3.8, 4) is 0 Å². The molecule has 3 saturated heterocycles. The Kier molecular flexibility index (Phi) is 5.37. The third-order valence-corrected chi connectivity index (χ3v) is 6.36. The Balaban J connectivity index is 1.15. The topological polar surface area (TPSA) is 110 Å². The number of aryl methyl sites for hydroxylation is 1. The van der Waals surface area contributed by atoms with Gasteiger partial charge in [-0.25, -0.2) is 9.97 Å². The summed E-state index contributed by atoms with van der Waals surface area (Å²) in [7, 11) is 0. The van der Waals surface area contributed by atoms with Gasteiger partial charge in [-0.3, -0.25) is 14.3 Å². The van der Waals surface area contributed by atoms with Crippen molar-refractivity contribution in [1.82, 2.24) is 24.6 Å². The van der Waals surface area contributed by atoms with E-state index in [1.54, 1.807) is 16.8 Å². The molecule has 5 heterocycles. The number of halogens is 3. The summed E-state index contributed by atoms with van der Waals surface area (Å²) in [6.07, 6.45) is 0.727. The Morgan fingerprint density at radius 2 is 1.82 bits per heavy atom. The van der Waals surface area contributed by atoms with Crippen LogP contribution in [0.25, 0.3) is 10.9 Å². The molecule has 1 aromatic carbocycles. The zero-order valence-corrected chi connectivity index (χ0v) is 18.1. The molecule has 0 spiro atoms. The molecule has 178 valence electrons. The highest BCUT2D eigenvalue weighted by molar-refractivity contribution is 6.04. The summed E-state index contributed by atoms with van der Waals surface area (Å²) in [5.74, 6) is -0.245. The van der Waals surface area contributed by atoms with Crippen molar-refractivity contribution < 1.29 is 22.8 Å². The quantitative estimate of drug-likeness (QED) is 0.588. The van der Waals surface area contributed by atoms with E-state index in [2.05, 4.69) is 15.1 Å². The average Bonchev–Trinajstić information content (AvgIpc) is 3.21. The highest BCUT2D eigenvalue weighted by Crippen LogP contribution is 2.35. The molecule has 12 heteroatoms. The Morgan fingerprint density at radius 1 is 1.12 bits per heavy atom. The van der Waals surface area contributed by atoms with Crippen molar-refractivity contribution in [3.05, 3.63) is 47.9 Å². The highest BCUT2D eigenvalue weighted by atomic mass is 19.4. The van der Waals surface area contributed by atoms with Gasteiger partial charge in [0.15, 0.2) is 0 Å². The van der Waals surface area contributed by atoms with Crippen LogP contribution in [0, 0.1) is 0 Å². The molecule has 6 rings (SSSR count). The summed E-state index contributed by atoms with van der Waals surface area (Å²) >= 11 is 0. The van der Waals surface area contributed by atoms with Crippen molar-refractivity contribution in [3.63, 3.8) is 0 Å². The summed E-state index contributed by atoms with van der Waals surface area (Å²) < 4.78 is 39.9. The van der Waals surface area contributed by atoms with E-state index in [1.807, 2.05) is 22.1 Å².